The Kier molecular flexibility index (Phi) is 4.06. The Hall–Kier alpha value is -2.33. The summed E-state index contributed by atoms with van der Waals surface area (Å²) < 4.78 is 0. The topological polar surface area (TPSA) is 67.9 Å². The minimum absolute atomic E-state index is 0.400. The third kappa shape index (κ3) is 2.59. The summed E-state index contributed by atoms with van der Waals surface area (Å²) in [4.78, 5) is 12.4. The van der Waals surface area contributed by atoms with Gasteiger partial charge in [-0.1, -0.05) is 0 Å². The van der Waals surface area contributed by atoms with Crippen LogP contribution in [0.15, 0.2) is 18.2 Å². The maximum absolute atomic E-state index is 10.6. The molecule has 0 aliphatic carbocycles. The maximum Gasteiger partial charge on any atom is 0.150 e. The standard InChI is InChI=1S/C12H11N3O/c1-15(6-2-5-13)12-4-3-10(9-16)7-11(12)8-14/h3-4,7,9H,2,6H2,1H3. The van der Waals surface area contributed by atoms with Gasteiger partial charge in [0, 0.05) is 19.2 Å². The summed E-state index contributed by atoms with van der Waals surface area (Å²) >= 11 is 0. The van der Waals surface area contributed by atoms with Gasteiger partial charge in [0.1, 0.15) is 12.4 Å². The lowest BCUT2D eigenvalue weighted by molar-refractivity contribution is 0.112. The van der Waals surface area contributed by atoms with Crippen LogP contribution in [0.1, 0.15) is 22.3 Å². The largest absolute Gasteiger partial charge is 0.372 e. The minimum Gasteiger partial charge on any atom is -0.372 e. The third-order valence-electron chi connectivity index (χ3n) is 2.25. The van der Waals surface area contributed by atoms with E-state index in [-0.39, 0.29) is 0 Å². The van der Waals surface area contributed by atoms with Crippen LogP contribution in [0.4, 0.5) is 5.69 Å². The number of aldehydes is 1. The number of nitriles is 2. The molecule has 0 unspecified atom stereocenters. The predicted molar refractivity (Wildman–Crippen MR) is 60.0 cm³/mol. The fourth-order valence-corrected chi connectivity index (χ4v) is 1.39. The van der Waals surface area contributed by atoms with E-state index in [1.54, 1.807) is 18.2 Å². The van der Waals surface area contributed by atoms with Crippen LogP contribution in [0.25, 0.3) is 0 Å². The summed E-state index contributed by atoms with van der Waals surface area (Å²) in [7, 11) is 1.81. The zero-order valence-corrected chi connectivity index (χ0v) is 8.97. The third-order valence-corrected chi connectivity index (χ3v) is 2.25. The number of carbonyl (C=O) groups excluding carboxylic acids is 1. The summed E-state index contributed by atoms with van der Waals surface area (Å²) in [6.07, 6.45) is 1.11. The fourth-order valence-electron chi connectivity index (χ4n) is 1.39. The van der Waals surface area contributed by atoms with Gasteiger partial charge in [-0.3, -0.25) is 4.79 Å². The van der Waals surface area contributed by atoms with Crippen LogP contribution in [0.3, 0.4) is 0 Å². The van der Waals surface area contributed by atoms with Crippen LogP contribution in [0.5, 0.6) is 0 Å². The number of nitrogens with zero attached hydrogens (tertiary/aromatic N) is 3. The van der Waals surface area contributed by atoms with Gasteiger partial charge in [0.25, 0.3) is 0 Å². The highest BCUT2D eigenvalue weighted by Crippen LogP contribution is 2.19. The first kappa shape index (κ1) is 11.7. The van der Waals surface area contributed by atoms with E-state index in [9.17, 15) is 4.79 Å². The van der Waals surface area contributed by atoms with E-state index in [1.165, 1.54) is 0 Å². The zero-order valence-electron chi connectivity index (χ0n) is 8.97. The van der Waals surface area contributed by atoms with E-state index < -0.39 is 0 Å². The van der Waals surface area contributed by atoms with Crippen molar-refractivity contribution in [3.05, 3.63) is 29.3 Å². The minimum atomic E-state index is 0.400. The molecule has 0 N–H and O–H groups in total. The Morgan fingerprint density at radius 3 is 2.75 bits per heavy atom. The van der Waals surface area contributed by atoms with Crippen molar-refractivity contribution in [2.45, 2.75) is 6.42 Å². The number of hydrogen-bond acceptors (Lipinski definition) is 4. The molecule has 1 rings (SSSR count). The van der Waals surface area contributed by atoms with Crippen LogP contribution in [0, 0.1) is 22.7 Å². The summed E-state index contributed by atoms with van der Waals surface area (Å²) in [5.41, 5.74) is 1.67. The van der Waals surface area contributed by atoms with Crippen molar-refractivity contribution in [1.29, 1.82) is 10.5 Å². The molecule has 1 aromatic rings. The van der Waals surface area contributed by atoms with Gasteiger partial charge in [-0.05, 0) is 18.2 Å². The molecule has 0 atom stereocenters. The molecule has 4 nitrogen and oxygen atoms in total. The SMILES string of the molecule is CN(CCC#N)c1ccc(C=O)cc1C#N. The molecule has 4 heteroatoms. The van der Waals surface area contributed by atoms with E-state index in [0.29, 0.717) is 30.4 Å². The molecular formula is C12H11N3O. The molecule has 0 aliphatic rings. The highest BCUT2D eigenvalue weighted by Gasteiger charge is 2.07. The highest BCUT2D eigenvalue weighted by atomic mass is 16.1. The molecule has 0 saturated heterocycles. The summed E-state index contributed by atoms with van der Waals surface area (Å²) in [6, 6.07) is 9.02. The van der Waals surface area contributed by atoms with Crippen molar-refractivity contribution in [3.8, 4) is 12.1 Å². The molecule has 0 radical (unpaired) electrons. The lowest BCUT2D eigenvalue weighted by atomic mass is 10.1. The van der Waals surface area contributed by atoms with Crippen LogP contribution < -0.4 is 4.90 Å². The fraction of sp³-hybridized carbons (Fsp3) is 0.250. The monoisotopic (exact) mass is 213 g/mol. The van der Waals surface area contributed by atoms with Crippen molar-refractivity contribution < 1.29 is 4.79 Å². The first-order valence-electron chi connectivity index (χ1n) is 4.80. The lowest BCUT2D eigenvalue weighted by Gasteiger charge is -2.19. The second-order valence-electron chi connectivity index (χ2n) is 3.34. The van der Waals surface area contributed by atoms with Gasteiger partial charge in [-0.2, -0.15) is 10.5 Å². The van der Waals surface area contributed by atoms with Gasteiger partial charge in [0.2, 0.25) is 0 Å². The van der Waals surface area contributed by atoms with Crippen molar-refractivity contribution in [3.63, 3.8) is 0 Å². The Labute approximate surface area is 94.3 Å². The molecule has 0 heterocycles. The molecule has 80 valence electrons. The molecule has 0 aliphatic heterocycles. The summed E-state index contributed by atoms with van der Waals surface area (Å²) in [6.45, 7) is 0.561. The second-order valence-corrected chi connectivity index (χ2v) is 3.34. The molecule has 0 amide bonds. The van der Waals surface area contributed by atoms with Crippen LogP contribution in [-0.2, 0) is 0 Å². The Morgan fingerprint density at radius 2 is 2.19 bits per heavy atom. The predicted octanol–water partition coefficient (Wildman–Crippen LogP) is 1.72. The number of carbonyl (C=O) groups is 1. The number of rotatable bonds is 4. The normalized spacial score (nSPS) is 8.94. The van der Waals surface area contributed by atoms with Gasteiger partial charge in [-0.25, -0.2) is 0 Å². The number of hydrogen-bond donors (Lipinski definition) is 0. The van der Waals surface area contributed by atoms with Gasteiger partial charge in [0.15, 0.2) is 0 Å². The smallest absolute Gasteiger partial charge is 0.150 e. The van der Waals surface area contributed by atoms with Crippen LogP contribution in [-0.4, -0.2) is 19.9 Å². The average Bonchev–Trinajstić information content (AvgIpc) is 2.34. The van der Waals surface area contributed by atoms with Crippen LogP contribution >= 0.6 is 0 Å². The Bertz CT molecular complexity index is 468. The van der Waals surface area contributed by atoms with E-state index in [0.717, 1.165) is 5.69 Å². The first-order chi connectivity index (χ1) is 7.72. The van der Waals surface area contributed by atoms with Crippen molar-refractivity contribution >= 4 is 12.0 Å². The van der Waals surface area contributed by atoms with Gasteiger partial charge in [-0.15, -0.1) is 0 Å². The number of benzene rings is 1. The molecule has 0 spiro atoms. The lowest BCUT2D eigenvalue weighted by Crippen LogP contribution is -2.19. The van der Waals surface area contributed by atoms with Crippen molar-refractivity contribution in [1.82, 2.24) is 0 Å². The first-order valence-corrected chi connectivity index (χ1v) is 4.80. The highest BCUT2D eigenvalue weighted by molar-refractivity contribution is 5.78. The molecule has 16 heavy (non-hydrogen) atoms. The Morgan fingerprint density at radius 1 is 1.44 bits per heavy atom. The van der Waals surface area contributed by atoms with E-state index >= 15 is 0 Å². The average molecular weight is 213 g/mol. The zero-order chi connectivity index (χ0) is 12.0. The molecule has 0 saturated carbocycles. The number of anilines is 1. The van der Waals surface area contributed by atoms with Crippen molar-refractivity contribution in [2.75, 3.05) is 18.5 Å². The molecule has 0 fully saturated rings. The summed E-state index contributed by atoms with van der Waals surface area (Å²) in [5.74, 6) is 0. The maximum atomic E-state index is 10.6. The van der Waals surface area contributed by atoms with E-state index in [4.69, 9.17) is 10.5 Å². The van der Waals surface area contributed by atoms with Crippen molar-refractivity contribution in [2.24, 2.45) is 0 Å². The van der Waals surface area contributed by atoms with E-state index in [2.05, 4.69) is 0 Å². The quantitative estimate of drug-likeness (QED) is 0.714. The molecule has 0 aromatic heterocycles. The van der Waals surface area contributed by atoms with E-state index in [1.807, 2.05) is 24.1 Å². The summed E-state index contributed by atoms with van der Waals surface area (Å²) in [5, 5.41) is 17.4. The van der Waals surface area contributed by atoms with Crippen LogP contribution in [0.2, 0.25) is 0 Å². The Balaban J connectivity index is 3.01. The van der Waals surface area contributed by atoms with Gasteiger partial charge in [0.05, 0.1) is 23.7 Å². The molecule has 0 bridgehead atoms. The van der Waals surface area contributed by atoms with Gasteiger partial charge < -0.3 is 4.90 Å². The molecular weight excluding hydrogens is 202 g/mol. The molecule has 1 aromatic carbocycles. The van der Waals surface area contributed by atoms with Gasteiger partial charge >= 0.3 is 0 Å². The second kappa shape index (κ2) is 5.53.